The summed E-state index contributed by atoms with van der Waals surface area (Å²) in [6, 6.07) is 51.2. The minimum Gasteiger partial charge on any atom is -0.456 e. The van der Waals surface area contributed by atoms with E-state index >= 15 is 0 Å². The Hall–Kier alpha value is -6.72. The second kappa shape index (κ2) is 10.9. The second-order valence-corrected chi connectivity index (χ2v) is 13.4. The van der Waals surface area contributed by atoms with Crippen molar-refractivity contribution in [2.24, 2.45) is 0 Å². The van der Waals surface area contributed by atoms with Crippen LogP contribution in [0.2, 0.25) is 0 Å². The maximum absolute atomic E-state index is 6.33. The van der Waals surface area contributed by atoms with E-state index in [2.05, 4.69) is 161 Å². The quantitative estimate of drug-likeness (QED) is 0.189. The lowest BCUT2D eigenvalue weighted by Gasteiger charge is -2.28. The van der Waals surface area contributed by atoms with Gasteiger partial charge in [0.25, 0.3) is 0 Å². The first kappa shape index (κ1) is 28.2. The predicted molar refractivity (Wildman–Crippen MR) is 208 cm³/mol. The molecule has 5 nitrogen and oxygen atoms in total. The molecule has 0 bridgehead atoms. The number of rotatable bonds is 4. The van der Waals surface area contributed by atoms with E-state index in [1.807, 2.05) is 18.2 Å². The zero-order valence-corrected chi connectivity index (χ0v) is 27.5. The van der Waals surface area contributed by atoms with Crippen molar-refractivity contribution in [3.05, 3.63) is 175 Å². The van der Waals surface area contributed by atoms with E-state index in [4.69, 9.17) is 14.4 Å². The highest BCUT2D eigenvalue weighted by Crippen LogP contribution is 2.52. The van der Waals surface area contributed by atoms with Crippen molar-refractivity contribution in [2.75, 3.05) is 4.90 Å². The summed E-state index contributed by atoms with van der Waals surface area (Å²) in [6.45, 7) is 0. The van der Waals surface area contributed by atoms with E-state index in [0.717, 1.165) is 55.5 Å². The molecule has 3 aromatic heterocycles. The molecule has 5 heteroatoms. The normalized spacial score (nSPS) is 16.4. The maximum atomic E-state index is 6.33. The molecule has 0 N–H and O–H groups in total. The van der Waals surface area contributed by atoms with E-state index in [-0.39, 0.29) is 12.0 Å². The summed E-state index contributed by atoms with van der Waals surface area (Å²) in [7, 11) is 0. The van der Waals surface area contributed by atoms with Gasteiger partial charge in [0.15, 0.2) is 0 Å². The fraction of sp³-hybridized carbons (Fsp3) is 0.0435. The summed E-state index contributed by atoms with van der Waals surface area (Å²) in [5.41, 5.74) is 11.3. The summed E-state index contributed by atoms with van der Waals surface area (Å²) < 4.78 is 8.63. The van der Waals surface area contributed by atoms with Crippen LogP contribution in [0.4, 0.5) is 11.4 Å². The minimum atomic E-state index is 0.157. The van der Waals surface area contributed by atoms with Gasteiger partial charge in [-0.2, -0.15) is 0 Å². The van der Waals surface area contributed by atoms with Gasteiger partial charge in [0.1, 0.15) is 11.2 Å². The number of aromatic nitrogens is 3. The predicted octanol–water partition coefficient (Wildman–Crippen LogP) is 11.5. The van der Waals surface area contributed by atoms with Crippen LogP contribution in [0.3, 0.4) is 0 Å². The van der Waals surface area contributed by atoms with Crippen molar-refractivity contribution >= 4 is 55.1 Å². The smallest absolute Gasteiger partial charge is 0.235 e. The Bertz CT molecular complexity index is 2880. The molecule has 0 fully saturated rings. The molecule has 9 aromatic rings. The highest BCUT2D eigenvalue weighted by atomic mass is 16.3. The number of para-hydroxylation sites is 3. The van der Waals surface area contributed by atoms with Crippen molar-refractivity contribution < 1.29 is 4.42 Å². The van der Waals surface area contributed by atoms with E-state index < -0.39 is 0 Å². The molecular weight excluding hydrogens is 625 g/mol. The Morgan fingerprint density at radius 1 is 0.529 bits per heavy atom. The minimum absolute atomic E-state index is 0.157. The number of nitrogens with zero attached hydrogens (tertiary/aromatic N) is 4. The molecule has 2 atom stereocenters. The Morgan fingerprint density at radius 3 is 2.08 bits per heavy atom. The Morgan fingerprint density at radius 2 is 1.22 bits per heavy atom. The van der Waals surface area contributed by atoms with Crippen molar-refractivity contribution in [1.29, 1.82) is 0 Å². The topological polar surface area (TPSA) is 47.1 Å². The first-order valence-corrected chi connectivity index (χ1v) is 17.4. The van der Waals surface area contributed by atoms with Crippen molar-refractivity contribution in [3.63, 3.8) is 0 Å². The third kappa shape index (κ3) is 4.21. The van der Waals surface area contributed by atoms with Crippen LogP contribution >= 0.6 is 0 Å². The Kier molecular flexibility index (Phi) is 6.01. The lowest BCUT2D eigenvalue weighted by molar-refractivity contribution is 0.669. The third-order valence-corrected chi connectivity index (χ3v) is 10.5. The number of anilines is 2. The zero-order chi connectivity index (χ0) is 33.5. The van der Waals surface area contributed by atoms with Gasteiger partial charge in [0.05, 0.1) is 28.5 Å². The molecule has 0 radical (unpaired) electrons. The highest BCUT2D eigenvalue weighted by Gasteiger charge is 2.40. The second-order valence-electron chi connectivity index (χ2n) is 13.4. The zero-order valence-electron chi connectivity index (χ0n) is 27.5. The standard InChI is InChI=1S/C46H30N4O/c1-3-13-29(14-4-1)37-28-38(30-23-24-34-33-18-9-12-22-42(33)51-43(34)27-30)48-46(47-37)50-39-20-10-7-17-32(39)35-25-26-41-44(45(35)50)36-19-8-11-21-40(36)49(41)31-15-5-2-6-16-31/h1-28,36,40H. The number of hydrogen-bond acceptors (Lipinski definition) is 4. The van der Waals surface area contributed by atoms with E-state index in [9.17, 15) is 0 Å². The molecule has 51 heavy (non-hydrogen) atoms. The molecule has 240 valence electrons. The van der Waals surface area contributed by atoms with Crippen LogP contribution in [0.15, 0.2) is 174 Å². The van der Waals surface area contributed by atoms with Gasteiger partial charge in [-0.15, -0.1) is 0 Å². The number of hydrogen-bond donors (Lipinski definition) is 0. The molecule has 0 spiro atoms. The molecule has 2 aliphatic rings. The number of fused-ring (bicyclic) bond motifs is 10. The summed E-state index contributed by atoms with van der Waals surface area (Å²) in [4.78, 5) is 13.2. The van der Waals surface area contributed by atoms with Gasteiger partial charge < -0.3 is 9.32 Å². The van der Waals surface area contributed by atoms with Gasteiger partial charge in [-0.3, -0.25) is 4.57 Å². The molecule has 2 unspecified atom stereocenters. The van der Waals surface area contributed by atoms with Gasteiger partial charge in [-0.25, -0.2) is 9.97 Å². The average molecular weight is 655 g/mol. The average Bonchev–Trinajstić information content (AvgIpc) is 3.86. The highest BCUT2D eigenvalue weighted by molar-refractivity contribution is 6.12. The van der Waals surface area contributed by atoms with Crippen LogP contribution < -0.4 is 4.90 Å². The molecule has 1 aliphatic carbocycles. The fourth-order valence-corrected chi connectivity index (χ4v) is 8.31. The van der Waals surface area contributed by atoms with Gasteiger partial charge in [0, 0.05) is 55.5 Å². The largest absolute Gasteiger partial charge is 0.456 e. The van der Waals surface area contributed by atoms with Crippen molar-refractivity contribution in [1.82, 2.24) is 14.5 Å². The summed E-state index contributed by atoms with van der Waals surface area (Å²) in [6.07, 6.45) is 9.04. The summed E-state index contributed by atoms with van der Waals surface area (Å²) >= 11 is 0. The van der Waals surface area contributed by atoms with Crippen molar-refractivity contribution in [2.45, 2.75) is 12.0 Å². The van der Waals surface area contributed by atoms with Gasteiger partial charge in [-0.05, 0) is 48.5 Å². The molecule has 11 rings (SSSR count). The number of furan rings is 1. The molecule has 1 aliphatic heterocycles. The van der Waals surface area contributed by atoms with Crippen LogP contribution in [0.25, 0.3) is 72.2 Å². The van der Waals surface area contributed by atoms with E-state index in [1.165, 1.54) is 27.7 Å². The van der Waals surface area contributed by atoms with E-state index in [1.54, 1.807) is 0 Å². The van der Waals surface area contributed by atoms with Crippen LogP contribution in [-0.4, -0.2) is 20.6 Å². The van der Waals surface area contributed by atoms with Crippen LogP contribution in [0, 0.1) is 0 Å². The third-order valence-electron chi connectivity index (χ3n) is 10.5. The maximum Gasteiger partial charge on any atom is 0.235 e. The Balaban J connectivity index is 1.21. The molecule has 6 aromatic carbocycles. The molecule has 4 heterocycles. The van der Waals surface area contributed by atoms with Crippen LogP contribution in [-0.2, 0) is 0 Å². The Labute approximate surface area is 294 Å². The fourth-order valence-electron chi connectivity index (χ4n) is 8.31. The SMILES string of the molecule is C1=CC2c3c(ccc4c5ccccc5n(-c5nc(-c6ccccc6)cc(-c6ccc7c(c6)oc6ccccc67)n5)c34)N(c3ccccc3)C2C=C1. The van der Waals surface area contributed by atoms with Crippen LogP contribution in [0.5, 0.6) is 0 Å². The molecule has 0 amide bonds. The van der Waals surface area contributed by atoms with Gasteiger partial charge in [0.2, 0.25) is 5.95 Å². The monoisotopic (exact) mass is 654 g/mol. The lowest BCUT2D eigenvalue weighted by atomic mass is 9.90. The molecular formula is C46H30N4O. The first-order chi connectivity index (χ1) is 25.3. The molecule has 0 saturated carbocycles. The van der Waals surface area contributed by atoms with Gasteiger partial charge in [-0.1, -0.05) is 121 Å². The first-order valence-electron chi connectivity index (χ1n) is 17.4. The molecule has 0 saturated heterocycles. The summed E-state index contributed by atoms with van der Waals surface area (Å²) in [5.74, 6) is 0.796. The van der Waals surface area contributed by atoms with Crippen LogP contribution in [0.1, 0.15) is 11.5 Å². The summed E-state index contributed by atoms with van der Waals surface area (Å²) in [5, 5.41) is 4.58. The number of benzene rings is 6. The van der Waals surface area contributed by atoms with E-state index in [0.29, 0.717) is 5.95 Å². The van der Waals surface area contributed by atoms with Crippen molar-refractivity contribution in [3.8, 4) is 28.5 Å². The van der Waals surface area contributed by atoms with Gasteiger partial charge >= 0.3 is 0 Å². The number of allylic oxidation sites excluding steroid dienone is 2. The lowest BCUT2D eigenvalue weighted by Crippen LogP contribution is -2.28.